The lowest BCUT2D eigenvalue weighted by atomic mass is 10.1. The normalized spacial score (nSPS) is 28.0. The van der Waals surface area contributed by atoms with Crippen LogP contribution >= 0.6 is 0 Å². The van der Waals surface area contributed by atoms with E-state index in [9.17, 15) is 5.11 Å². The largest absolute Gasteiger partial charge is 0.388 e. The van der Waals surface area contributed by atoms with Crippen LogP contribution in [0.1, 0.15) is 13.3 Å². The smallest absolute Gasteiger partial charge is 0.129 e. The van der Waals surface area contributed by atoms with Gasteiger partial charge in [-0.25, -0.2) is 4.98 Å². The highest BCUT2D eigenvalue weighted by atomic mass is 16.3. The van der Waals surface area contributed by atoms with Gasteiger partial charge in [-0.2, -0.15) is 0 Å². The van der Waals surface area contributed by atoms with E-state index in [4.69, 9.17) is 0 Å². The molecule has 3 heteroatoms. The topological polar surface area (TPSA) is 36.4 Å². The molecule has 1 aliphatic rings. The maximum atomic E-state index is 9.75. The van der Waals surface area contributed by atoms with E-state index in [0.29, 0.717) is 6.54 Å². The third-order valence-corrected chi connectivity index (χ3v) is 2.37. The predicted octanol–water partition coefficient (Wildman–Crippen LogP) is 0.843. The lowest BCUT2D eigenvalue weighted by Gasteiger charge is -2.19. The molecule has 0 amide bonds. The minimum atomic E-state index is -0.558. The van der Waals surface area contributed by atoms with E-state index >= 15 is 0 Å². The molecule has 1 saturated heterocycles. The third-order valence-electron chi connectivity index (χ3n) is 2.37. The number of rotatable bonds is 1. The molecule has 0 saturated carbocycles. The van der Waals surface area contributed by atoms with Gasteiger partial charge in [-0.15, -0.1) is 0 Å². The Bertz CT molecular complexity index is 284. The fraction of sp³-hybridized carbons (Fsp3) is 0.500. The summed E-state index contributed by atoms with van der Waals surface area (Å²) in [6, 6.07) is 6.60. The first kappa shape index (κ1) is 8.51. The van der Waals surface area contributed by atoms with Crippen molar-refractivity contribution in [1.29, 1.82) is 0 Å². The van der Waals surface area contributed by atoms with Gasteiger partial charge in [0.05, 0.1) is 5.60 Å². The summed E-state index contributed by atoms with van der Waals surface area (Å²) in [4.78, 5) is 6.29. The quantitative estimate of drug-likeness (QED) is 0.690. The molecule has 0 spiro atoms. The van der Waals surface area contributed by atoms with Crippen molar-refractivity contribution >= 4 is 5.82 Å². The van der Waals surface area contributed by atoms with E-state index in [-0.39, 0.29) is 0 Å². The van der Waals surface area contributed by atoms with Crippen LogP contribution in [0.4, 0.5) is 5.82 Å². The molecule has 1 fully saturated rings. The van der Waals surface area contributed by atoms with Crippen LogP contribution in [0.5, 0.6) is 0 Å². The Morgan fingerprint density at radius 1 is 1.69 bits per heavy atom. The van der Waals surface area contributed by atoms with E-state index in [0.717, 1.165) is 18.8 Å². The Balaban J connectivity index is 2.13. The standard InChI is InChI=1S/C10H13N2O/c1-10(13)5-7-12(8-10)9-4-2-3-6-11-9/h3-4,6,13H,5,7-8H2,1H3. The van der Waals surface area contributed by atoms with Gasteiger partial charge >= 0.3 is 0 Å². The molecule has 2 heterocycles. The molecule has 0 aromatic carbocycles. The second-order valence-electron chi connectivity index (χ2n) is 3.78. The number of aliphatic hydroxyl groups is 1. The van der Waals surface area contributed by atoms with Crippen molar-refractivity contribution in [1.82, 2.24) is 4.98 Å². The van der Waals surface area contributed by atoms with Crippen molar-refractivity contribution in [3.05, 3.63) is 24.4 Å². The summed E-state index contributed by atoms with van der Waals surface area (Å²) in [5.74, 6) is 0.903. The zero-order valence-corrected chi connectivity index (χ0v) is 7.70. The Morgan fingerprint density at radius 2 is 2.54 bits per heavy atom. The van der Waals surface area contributed by atoms with E-state index in [1.807, 2.05) is 13.0 Å². The molecule has 13 heavy (non-hydrogen) atoms. The Hall–Kier alpha value is -1.09. The minimum Gasteiger partial charge on any atom is -0.388 e. The first-order valence-corrected chi connectivity index (χ1v) is 4.47. The highest BCUT2D eigenvalue weighted by Crippen LogP contribution is 2.24. The lowest BCUT2D eigenvalue weighted by molar-refractivity contribution is 0.0839. The molecule has 1 N–H and O–H groups in total. The van der Waals surface area contributed by atoms with Gasteiger partial charge in [-0.05, 0) is 31.5 Å². The van der Waals surface area contributed by atoms with Gasteiger partial charge in [0.2, 0.25) is 0 Å². The summed E-state index contributed by atoms with van der Waals surface area (Å²) in [6.07, 6.45) is 2.53. The fourth-order valence-corrected chi connectivity index (χ4v) is 1.63. The van der Waals surface area contributed by atoms with Gasteiger partial charge in [0, 0.05) is 19.3 Å². The average molecular weight is 177 g/mol. The van der Waals surface area contributed by atoms with E-state index in [1.165, 1.54) is 0 Å². The van der Waals surface area contributed by atoms with Gasteiger partial charge in [0.25, 0.3) is 0 Å². The molecule has 1 aromatic rings. The van der Waals surface area contributed by atoms with Crippen molar-refractivity contribution < 1.29 is 5.11 Å². The summed E-state index contributed by atoms with van der Waals surface area (Å²) in [5, 5.41) is 9.75. The second-order valence-corrected chi connectivity index (χ2v) is 3.78. The number of aromatic nitrogens is 1. The molecule has 69 valence electrons. The molecule has 1 atom stereocenters. The zero-order chi connectivity index (χ0) is 9.31. The maximum Gasteiger partial charge on any atom is 0.129 e. The van der Waals surface area contributed by atoms with Crippen LogP contribution in [-0.4, -0.2) is 28.8 Å². The number of β-amino-alcohol motifs (C(OH)–C–C–N with tert-alkyl or cyclic N) is 1. The van der Waals surface area contributed by atoms with Gasteiger partial charge in [-0.1, -0.05) is 0 Å². The molecule has 2 rings (SSSR count). The number of hydrogen-bond donors (Lipinski definition) is 1. The maximum absolute atomic E-state index is 9.75. The molecule has 1 aliphatic heterocycles. The van der Waals surface area contributed by atoms with E-state index < -0.39 is 5.60 Å². The average Bonchev–Trinajstić information content (AvgIpc) is 2.48. The van der Waals surface area contributed by atoms with Crippen LogP contribution in [0.2, 0.25) is 0 Å². The van der Waals surface area contributed by atoms with E-state index in [2.05, 4.69) is 16.0 Å². The van der Waals surface area contributed by atoms with Gasteiger partial charge in [0.15, 0.2) is 0 Å². The minimum absolute atomic E-state index is 0.558. The van der Waals surface area contributed by atoms with Crippen molar-refractivity contribution in [2.45, 2.75) is 18.9 Å². The van der Waals surface area contributed by atoms with Gasteiger partial charge in [-0.3, -0.25) is 0 Å². The van der Waals surface area contributed by atoms with Crippen molar-refractivity contribution in [3.8, 4) is 0 Å². The van der Waals surface area contributed by atoms with Crippen LogP contribution in [-0.2, 0) is 0 Å². The highest BCUT2D eigenvalue weighted by molar-refractivity contribution is 5.39. The molecule has 3 nitrogen and oxygen atoms in total. The van der Waals surface area contributed by atoms with E-state index in [1.54, 1.807) is 12.3 Å². The number of pyridine rings is 1. The van der Waals surface area contributed by atoms with Gasteiger partial charge in [0.1, 0.15) is 5.82 Å². The van der Waals surface area contributed by atoms with Crippen molar-refractivity contribution in [2.75, 3.05) is 18.0 Å². The van der Waals surface area contributed by atoms with Crippen molar-refractivity contribution in [3.63, 3.8) is 0 Å². The summed E-state index contributed by atoms with van der Waals surface area (Å²) in [7, 11) is 0. The Kier molecular flexibility index (Phi) is 1.96. The summed E-state index contributed by atoms with van der Waals surface area (Å²) >= 11 is 0. The Labute approximate surface area is 78.0 Å². The predicted molar refractivity (Wildman–Crippen MR) is 50.5 cm³/mol. The van der Waals surface area contributed by atoms with Crippen LogP contribution < -0.4 is 4.90 Å². The molecule has 1 radical (unpaired) electrons. The summed E-state index contributed by atoms with van der Waals surface area (Å²) in [5.41, 5.74) is -0.558. The molecule has 0 bridgehead atoms. The highest BCUT2D eigenvalue weighted by Gasteiger charge is 2.31. The van der Waals surface area contributed by atoms with Crippen molar-refractivity contribution in [2.24, 2.45) is 0 Å². The molecule has 0 aliphatic carbocycles. The first-order chi connectivity index (χ1) is 6.17. The molecule has 1 aromatic heterocycles. The zero-order valence-electron chi connectivity index (χ0n) is 7.70. The lowest BCUT2D eigenvalue weighted by Crippen LogP contribution is -2.29. The summed E-state index contributed by atoms with van der Waals surface area (Å²) < 4.78 is 0. The SMILES string of the molecule is CC1(O)CCN(c2c[c]ccn2)C1. The fourth-order valence-electron chi connectivity index (χ4n) is 1.63. The third kappa shape index (κ3) is 1.80. The number of hydrogen-bond acceptors (Lipinski definition) is 3. The molecular weight excluding hydrogens is 164 g/mol. The number of nitrogens with zero attached hydrogens (tertiary/aromatic N) is 2. The monoisotopic (exact) mass is 177 g/mol. The molecule has 1 unspecified atom stereocenters. The van der Waals surface area contributed by atoms with Crippen LogP contribution in [0, 0.1) is 6.07 Å². The second kappa shape index (κ2) is 3.00. The van der Waals surface area contributed by atoms with Gasteiger partial charge < -0.3 is 10.0 Å². The van der Waals surface area contributed by atoms with Crippen LogP contribution in [0.3, 0.4) is 0 Å². The van der Waals surface area contributed by atoms with Crippen LogP contribution in [0.15, 0.2) is 18.3 Å². The summed E-state index contributed by atoms with van der Waals surface area (Å²) in [6.45, 7) is 3.40. The molecular formula is C10H13N2O. The number of anilines is 1. The first-order valence-electron chi connectivity index (χ1n) is 4.47. The van der Waals surface area contributed by atoms with Crippen LogP contribution in [0.25, 0.3) is 0 Å². The Morgan fingerprint density at radius 3 is 3.08 bits per heavy atom.